The molecular weight excluding hydrogens is 732 g/mol. The summed E-state index contributed by atoms with van der Waals surface area (Å²) in [5.41, 5.74) is 3.00. The monoisotopic (exact) mass is 778 g/mol. The van der Waals surface area contributed by atoms with Crippen LogP contribution < -0.4 is 5.32 Å². The highest BCUT2D eigenvalue weighted by molar-refractivity contribution is 5.94. The average molecular weight is 779 g/mol. The van der Waals surface area contributed by atoms with Crippen LogP contribution in [-0.2, 0) is 45.2 Å². The number of carboxylic acids is 1. The minimum absolute atomic E-state index is 0.00582. The molecule has 4 amide bonds. The summed E-state index contributed by atoms with van der Waals surface area (Å²) in [6, 6.07) is 26.1. The predicted octanol–water partition coefficient (Wildman–Crippen LogP) is 6.87. The third-order valence-electron chi connectivity index (χ3n) is 10.2. The van der Waals surface area contributed by atoms with Crippen molar-refractivity contribution in [1.29, 1.82) is 0 Å². The van der Waals surface area contributed by atoms with Gasteiger partial charge in [-0.15, -0.1) is 0 Å². The van der Waals surface area contributed by atoms with Crippen molar-refractivity contribution in [2.45, 2.75) is 90.0 Å². The number of amides is 4. The molecule has 4 atom stereocenters. The second-order valence-electron chi connectivity index (χ2n) is 15.4. The maximum absolute atomic E-state index is 15.3. The summed E-state index contributed by atoms with van der Waals surface area (Å²) in [6.07, 6.45) is -1.19. The van der Waals surface area contributed by atoms with Gasteiger partial charge in [0.15, 0.2) is 0 Å². The van der Waals surface area contributed by atoms with Crippen molar-refractivity contribution in [1.82, 2.24) is 20.0 Å². The molecule has 4 aromatic rings. The first-order chi connectivity index (χ1) is 27.2. The fraction of sp³-hybridized carbons (Fsp3) is 0.341. The van der Waals surface area contributed by atoms with Gasteiger partial charge in [-0.25, -0.2) is 18.8 Å². The molecule has 1 saturated heterocycles. The molecule has 13 heteroatoms. The number of likely N-dealkylation sites (tertiary alicyclic amines) is 1. The lowest BCUT2D eigenvalue weighted by atomic mass is 9.92. The Kier molecular flexibility index (Phi) is 12.2. The van der Waals surface area contributed by atoms with Crippen LogP contribution in [0.15, 0.2) is 103 Å². The van der Waals surface area contributed by atoms with Gasteiger partial charge in [0.1, 0.15) is 30.1 Å². The lowest BCUT2D eigenvalue weighted by Gasteiger charge is -2.40. The van der Waals surface area contributed by atoms with E-state index in [0.717, 1.165) is 21.6 Å². The number of benzene rings is 4. The number of carbonyl (C=O) groups is 5. The van der Waals surface area contributed by atoms with E-state index in [9.17, 15) is 29.1 Å². The molecule has 0 aromatic heterocycles. The molecule has 4 aromatic carbocycles. The van der Waals surface area contributed by atoms with Crippen molar-refractivity contribution >= 4 is 30.0 Å². The summed E-state index contributed by atoms with van der Waals surface area (Å²) in [4.78, 5) is 70.7. The minimum Gasteiger partial charge on any atom is -0.480 e. The topological polar surface area (TPSA) is 146 Å². The maximum atomic E-state index is 15.3. The number of nitrogens with zero attached hydrogens (tertiary/aromatic N) is 3. The highest BCUT2D eigenvalue weighted by atomic mass is 19.1. The van der Waals surface area contributed by atoms with Crippen molar-refractivity contribution in [2.75, 3.05) is 6.54 Å². The number of fused-ring (bicyclic) bond motifs is 1. The largest absolute Gasteiger partial charge is 0.480 e. The number of nitrogens with one attached hydrogen (secondary N) is 1. The predicted molar refractivity (Wildman–Crippen MR) is 208 cm³/mol. The number of aliphatic carboxylic acids is 1. The number of carbonyl (C=O) groups excluding carboxylic acids is 4. The van der Waals surface area contributed by atoms with Crippen LogP contribution in [-0.4, -0.2) is 80.0 Å². The van der Waals surface area contributed by atoms with Gasteiger partial charge in [0.2, 0.25) is 5.91 Å². The summed E-state index contributed by atoms with van der Waals surface area (Å²) in [7, 11) is 0. The molecule has 1 fully saturated rings. The molecule has 0 bridgehead atoms. The van der Waals surface area contributed by atoms with Gasteiger partial charge in [0.25, 0.3) is 5.91 Å². The van der Waals surface area contributed by atoms with Crippen molar-refractivity contribution in [3.8, 4) is 0 Å². The smallest absolute Gasteiger partial charge is 0.411 e. The molecule has 298 valence electrons. The summed E-state index contributed by atoms with van der Waals surface area (Å²) >= 11 is 0. The van der Waals surface area contributed by atoms with Gasteiger partial charge in [-0.2, -0.15) is 0 Å². The number of hydrogen-bond donors (Lipinski definition) is 2. The van der Waals surface area contributed by atoms with Gasteiger partial charge in [-0.1, -0.05) is 84.9 Å². The van der Waals surface area contributed by atoms with Gasteiger partial charge in [-0.3, -0.25) is 19.4 Å². The minimum atomic E-state index is -1.20. The summed E-state index contributed by atoms with van der Waals surface area (Å²) in [5.74, 6) is -2.55. The van der Waals surface area contributed by atoms with Crippen LogP contribution in [0.3, 0.4) is 0 Å². The molecule has 2 heterocycles. The molecule has 57 heavy (non-hydrogen) atoms. The lowest BCUT2D eigenvalue weighted by molar-refractivity contribution is -0.142. The Morgan fingerprint density at radius 3 is 2.14 bits per heavy atom. The highest BCUT2D eigenvalue weighted by Gasteiger charge is 2.43. The van der Waals surface area contributed by atoms with Crippen molar-refractivity contribution in [3.05, 3.63) is 142 Å². The second kappa shape index (κ2) is 17.3. The van der Waals surface area contributed by atoms with Crippen LogP contribution in [0.4, 0.5) is 14.0 Å². The quantitative estimate of drug-likeness (QED) is 0.178. The van der Waals surface area contributed by atoms with Crippen molar-refractivity contribution in [3.63, 3.8) is 0 Å². The van der Waals surface area contributed by atoms with Gasteiger partial charge in [-0.05, 0) is 68.1 Å². The number of carboxylic acid groups (broad SMARTS) is 1. The average Bonchev–Trinajstić information content (AvgIpc) is 3.62. The summed E-state index contributed by atoms with van der Waals surface area (Å²) < 4.78 is 26.4. The first-order valence-corrected chi connectivity index (χ1v) is 18.9. The van der Waals surface area contributed by atoms with E-state index in [-0.39, 0.29) is 44.6 Å². The zero-order chi connectivity index (χ0) is 40.9. The van der Waals surface area contributed by atoms with Gasteiger partial charge < -0.3 is 24.8 Å². The molecule has 0 spiro atoms. The second-order valence-corrected chi connectivity index (χ2v) is 15.4. The zero-order valence-electron chi connectivity index (χ0n) is 32.4. The third kappa shape index (κ3) is 9.77. The van der Waals surface area contributed by atoms with E-state index in [0.29, 0.717) is 11.1 Å². The number of ether oxygens (including phenoxy) is 2. The molecule has 6 rings (SSSR count). The fourth-order valence-corrected chi connectivity index (χ4v) is 7.24. The van der Waals surface area contributed by atoms with Crippen molar-refractivity contribution in [2.24, 2.45) is 0 Å². The Labute approximate surface area is 331 Å². The van der Waals surface area contributed by atoms with E-state index >= 15 is 4.39 Å². The van der Waals surface area contributed by atoms with E-state index in [1.165, 1.54) is 11.0 Å². The van der Waals surface area contributed by atoms with Crippen LogP contribution in [0.2, 0.25) is 0 Å². The van der Waals surface area contributed by atoms with Crippen LogP contribution in [0.5, 0.6) is 0 Å². The van der Waals surface area contributed by atoms with Crippen LogP contribution >= 0.6 is 0 Å². The first-order valence-electron chi connectivity index (χ1n) is 18.9. The molecule has 12 nitrogen and oxygen atoms in total. The Morgan fingerprint density at radius 2 is 1.47 bits per heavy atom. The highest BCUT2D eigenvalue weighted by Crippen LogP contribution is 2.31. The van der Waals surface area contributed by atoms with E-state index < -0.39 is 65.6 Å². The summed E-state index contributed by atoms with van der Waals surface area (Å²) in [6.45, 7) is 6.94. The Bertz CT molecular complexity index is 2110. The molecule has 2 aliphatic heterocycles. The Hall–Kier alpha value is -6.24. The van der Waals surface area contributed by atoms with Gasteiger partial charge >= 0.3 is 18.2 Å². The lowest BCUT2D eigenvalue weighted by Crippen LogP contribution is -2.54. The Balaban J connectivity index is 1.22. The third-order valence-corrected chi connectivity index (χ3v) is 10.2. The molecular formula is C44H47FN4O8. The first kappa shape index (κ1) is 40.4. The van der Waals surface area contributed by atoms with Crippen LogP contribution in [0.1, 0.15) is 78.3 Å². The van der Waals surface area contributed by atoms with Gasteiger partial charge in [0, 0.05) is 43.1 Å². The maximum Gasteiger partial charge on any atom is 0.411 e. The Morgan fingerprint density at radius 1 is 0.825 bits per heavy atom. The van der Waals surface area contributed by atoms with Crippen LogP contribution in [0.25, 0.3) is 0 Å². The fourth-order valence-electron chi connectivity index (χ4n) is 7.24. The van der Waals surface area contributed by atoms with E-state index in [1.54, 1.807) is 75.1 Å². The van der Waals surface area contributed by atoms with E-state index in [1.807, 2.05) is 54.6 Å². The number of rotatable bonds is 10. The SMILES string of the molecule is C[C@H](c1ccccc1F)N(Cc1ccc(C(=O)N[C@H]2C[C@@H](C(=O)O)N(C(=O)OC(C)(C)C)C2)cc1)C(=O)[C@@H]1Cc2ccccc2CN1C(=O)OCc1ccccc1. The molecule has 0 aliphatic carbocycles. The number of hydrogen-bond acceptors (Lipinski definition) is 7. The standard InChI is InChI=1S/C44H47FN4O8/c1-28(35-16-10-11-17-36(35)45)47(40(51)37-22-32-14-8-9-15-33(32)25-48(37)42(54)56-27-30-12-6-5-7-13-30)24-29-18-20-31(21-19-29)39(50)46-34-23-38(41(52)53)49(26-34)43(55)57-44(2,3)4/h5-21,28,34,37-38H,22-27H2,1-4H3,(H,46,50)(H,52,53)/t28-,34+,37+,38+/m1/s1. The zero-order valence-corrected chi connectivity index (χ0v) is 32.4. The molecule has 0 radical (unpaired) electrons. The molecule has 0 saturated carbocycles. The van der Waals surface area contributed by atoms with Gasteiger partial charge in [0.05, 0.1) is 12.6 Å². The molecule has 2 aliphatic rings. The molecule has 2 N–H and O–H groups in total. The molecule has 0 unspecified atom stereocenters. The number of halogens is 1. The normalized spacial score (nSPS) is 18.2. The van der Waals surface area contributed by atoms with E-state index in [2.05, 4.69) is 5.32 Å². The van der Waals surface area contributed by atoms with E-state index in [4.69, 9.17) is 9.47 Å². The van der Waals surface area contributed by atoms with Crippen LogP contribution in [0, 0.1) is 5.82 Å². The summed E-state index contributed by atoms with van der Waals surface area (Å²) in [5, 5.41) is 12.6. The van der Waals surface area contributed by atoms with Crippen molar-refractivity contribution < 1.29 is 42.9 Å².